The van der Waals surface area contributed by atoms with Crippen molar-refractivity contribution in [2.75, 3.05) is 26.7 Å². The molecule has 0 atom stereocenters. The van der Waals surface area contributed by atoms with E-state index >= 15 is 0 Å². The number of hydrogen-bond acceptors (Lipinski definition) is 3. The van der Waals surface area contributed by atoms with Crippen LogP contribution >= 0.6 is 0 Å². The minimum absolute atomic E-state index is 0.210. The largest absolute Gasteiger partial charge is 0.361 e. The zero-order chi connectivity index (χ0) is 12.2. The number of ether oxygens (including phenoxy) is 2. The summed E-state index contributed by atoms with van der Waals surface area (Å²) in [5.41, 5.74) is 5.19. The van der Waals surface area contributed by atoms with Gasteiger partial charge in [-0.25, -0.2) is 4.79 Å². The molecule has 0 aliphatic carbocycles. The Balaban J connectivity index is 3.59. The number of primary amides is 1. The van der Waals surface area contributed by atoms with Crippen LogP contribution in [0.5, 0.6) is 0 Å². The van der Waals surface area contributed by atoms with E-state index < -0.39 is 6.03 Å². The Kier molecular flexibility index (Phi) is 10.2. The van der Waals surface area contributed by atoms with Crippen molar-refractivity contribution in [3.05, 3.63) is 0 Å². The van der Waals surface area contributed by atoms with E-state index in [4.69, 9.17) is 15.2 Å². The van der Waals surface area contributed by atoms with Gasteiger partial charge in [0.25, 0.3) is 0 Å². The molecule has 0 saturated heterocycles. The van der Waals surface area contributed by atoms with Crippen LogP contribution in [0.4, 0.5) is 4.79 Å². The number of nitrogens with two attached hydrogens (primary N) is 1. The van der Waals surface area contributed by atoms with Crippen molar-refractivity contribution in [2.45, 2.75) is 39.5 Å². The van der Waals surface area contributed by atoms with Crippen molar-refractivity contribution in [3.8, 4) is 0 Å². The summed E-state index contributed by atoms with van der Waals surface area (Å²) in [6, 6.07) is -0.506. The smallest absolute Gasteiger partial charge is 0.318 e. The lowest BCUT2D eigenvalue weighted by Gasteiger charge is -2.20. The maximum absolute atomic E-state index is 11.0. The van der Waals surface area contributed by atoms with Gasteiger partial charge in [-0.05, 0) is 12.8 Å². The molecule has 0 saturated carbocycles. The molecular weight excluding hydrogens is 208 g/mol. The molecule has 5 heteroatoms. The lowest BCUT2D eigenvalue weighted by Crippen LogP contribution is -2.39. The molecule has 96 valence electrons. The van der Waals surface area contributed by atoms with E-state index in [1.165, 1.54) is 4.90 Å². The second kappa shape index (κ2) is 10.7. The molecule has 5 nitrogen and oxygen atoms in total. The van der Waals surface area contributed by atoms with Crippen molar-refractivity contribution < 1.29 is 14.3 Å². The first-order valence-corrected chi connectivity index (χ1v) is 5.92. The maximum Gasteiger partial charge on any atom is 0.318 e. The van der Waals surface area contributed by atoms with E-state index in [0.717, 1.165) is 25.7 Å². The molecule has 0 aromatic carbocycles. The summed E-state index contributed by atoms with van der Waals surface area (Å²) < 4.78 is 10.6. The average Bonchev–Trinajstić information content (AvgIpc) is 2.26. The highest BCUT2D eigenvalue weighted by Gasteiger charge is 2.08. The number of rotatable bonds is 10. The summed E-state index contributed by atoms with van der Waals surface area (Å²) in [5, 5.41) is 0. The fraction of sp³-hybridized carbons (Fsp3) is 0.909. The van der Waals surface area contributed by atoms with Crippen LogP contribution in [0.3, 0.4) is 0 Å². The number of urea groups is 1. The molecule has 0 radical (unpaired) electrons. The van der Waals surface area contributed by atoms with Gasteiger partial charge in [-0.2, -0.15) is 0 Å². The summed E-state index contributed by atoms with van der Waals surface area (Å²) in [5.74, 6) is 0. The van der Waals surface area contributed by atoms with Gasteiger partial charge in [0.15, 0.2) is 0 Å². The predicted molar refractivity (Wildman–Crippen MR) is 62.9 cm³/mol. The molecule has 0 rings (SSSR count). The molecule has 2 amide bonds. The standard InChI is InChI=1S/C11H24N2O3/c1-3-5-7-15-9-13(11(12)14)10-16-8-6-4-2/h3-10H2,1-2H3,(H2,12,14). The Hall–Kier alpha value is -0.810. The molecule has 0 unspecified atom stereocenters. The molecule has 0 aromatic rings. The van der Waals surface area contributed by atoms with Gasteiger partial charge >= 0.3 is 6.03 Å². The fourth-order valence-electron chi connectivity index (χ4n) is 1.01. The molecule has 0 aliphatic heterocycles. The van der Waals surface area contributed by atoms with Gasteiger partial charge in [-0.1, -0.05) is 26.7 Å². The minimum atomic E-state index is -0.506. The van der Waals surface area contributed by atoms with Crippen molar-refractivity contribution in [1.82, 2.24) is 4.90 Å². The summed E-state index contributed by atoms with van der Waals surface area (Å²) in [7, 11) is 0. The minimum Gasteiger partial charge on any atom is -0.361 e. The highest BCUT2D eigenvalue weighted by molar-refractivity contribution is 5.71. The number of amides is 2. The first-order chi connectivity index (χ1) is 7.72. The lowest BCUT2D eigenvalue weighted by atomic mass is 10.4. The van der Waals surface area contributed by atoms with Gasteiger partial charge in [-0.3, -0.25) is 4.90 Å². The Morgan fingerprint density at radius 3 is 1.81 bits per heavy atom. The highest BCUT2D eigenvalue weighted by atomic mass is 16.5. The monoisotopic (exact) mass is 232 g/mol. The SMILES string of the molecule is CCCCOCN(COCCCC)C(N)=O. The lowest BCUT2D eigenvalue weighted by molar-refractivity contribution is -0.0200. The summed E-state index contributed by atoms with van der Waals surface area (Å²) in [4.78, 5) is 12.4. The Labute approximate surface area is 97.9 Å². The first kappa shape index (κ1) is 15.2. The van der Waals surface area contributed by atoms with Crippen LogP contribution in [0.2, 0.25) is 0 Å². The second-order valence-corrected chi connectivity index (χ2v) is 3.66. The molecule has 0 aliphatic rings. The van der Waals surface area contributed by atoms with Crippen LogP contribution in [-0.4, -0.2) is 37.6 Å². The Morgan fingerprint density at radius 1 is 1.06 bits per heavy atom. The van der Waals surface area contributed by atoms with Crippen LogP contribution < -0.4 is 5.73 Å². The van der Waals surface area contributed by atoms with E-state index in [2.05, 4.69) is 13.8 Å². The van der Waals surface area contributed by atoms with E-state index in [1.54, 1.807) is 0 Å². The zero-order valence-corrected chi connectivity index (χ0v) is 10.4. The van der Waals surface area contributed by atoms with Gasteiger partial charge in [0.2, 0.25) is 0 Å². The normalized spacial score (nSPS) is 10.4. The van der Waals surface area contributed by atoms with E-state index in [0.29, 0.717) is 13.2 Å². The first-order valence-electron chi connectivity index (χ1n) is 5.92. The third kappa shape index (κ3) is 8.49. The Morgan fingerprint density at radius 2 is 1.50 bits per heavy atom. The topological polar surface area (TPSA) is 64.8 Å². The molecule has 0 aromatic heterocycles. The highest BCUT2D eigenvalue weighted by Crippen LogP contribution is 1.95. The average molecular weight is 232 g/mol. The second-order valence-electron chi connectivity index (χ2n) is 3.66. The van der Waals surface area contributed by atoms with E-state index in [9.17, 15) is 4.79 Å². The van der Waals surface area contributed by atoms with Gasteiger partial charge in [0.1, 0.15) is 13.5 Å². The van der Waals surface area contributed by atoms with Crippen molar-refractivity contribution in [1.29, 1.82) is 0 Å². The van der Waals surface area contributed by atoms with Gasteiger partial charge in [0.05, 0.1) is 0 Å². The quantitative estimate of drug-likeness (QED) is 0.462. The third-order valence-electron chi connectivity index (χ3n) is 2.09. The number of nitrogens with zero attached hydrogens (tertiary/aromatic N) is 1. The van der Waals surface area contributed by atoms with Crippen molar-refractivity contribution >= 4 is 6.03 Å². The summed E-state index contributed by atoms with van der Waals surface area (Å²) in [6.07, 6.45) is 4.12. The van der Waals surface area contributed by atoms with Crippen LogP contribution in [0.1, 0.15) is 39.5 Å². The summed E-state index contributed by atoms with van der Waals surface area (Å²) in [6.45, 7) is 5.89. The molecule has 0 heterocycles. The van der Waals surface area contributed by atoms with Crippen molar-refractivity contribution in [2.24, 2.45) is 5.73 Å². The number of hydrogen-bond donors (Lipinski definition) is 1. The molecule has 0 bridgehead atoms. The molecule has 2 N–H and O–H groups in total. The number of carbonyl (C=O) groups excluding carboxylic acids is 1. The Bertz CT molecular complexity index is 165. The third-order valence-corrected chi connectivity index (χ3v) is 2.09. The number of unbranched alkanes of at least 4 members (excludes halogenated alkanes) is 2. The van der Waals surface area contributed by atoms with Gasteiger partial charge in [-0.15, -0.1) is 0 Å². The molecule has 16 heavy (non-hydrogen) atoms. The van der Waals surface area contributed by atoms with Gasteiger partial charge in [0, 0.05) is 13.2 Å². The maximum atomic E-state index is 11.0. The van der Waals surface area contributed by atoms with E-state index in [-0.39, 0.29) is 13.5 Å². The fourth-order valence-corrected chi connectivity index (χ4v) is 1.01. The molecule has 0 fully saturated rings. The van der Waals surface area contributed by atoms with Crippen LogP contribution in [0.15, 0.2) is 0 Å². The zero-order valence-electron chi connectivity index (χ0n) is 10.4. The molecule has 0 spiro atoms. The van der Waals surface area contributed by atoms with Crippen LogP contribution in [-0.2, 0) is 9.47 Å². The van der Waals surface area contributed by atoms with Crippen molar-refractivity contribution in [3.63, 3.8) is 0 Å². The van der Waals surface area contributed by atoms with E-state index in [1.807, 2.05) is 0 Å². The molecular formula is C11H24N2O3. The predicted octanol–water partition coefficient (Wildman–Crippen LogP) is 1.92. The van der Waals surface area contributed by atoms with Crippen LogP contribution in [0.25, 0.3) is 0 Å². The number of carbonyl (C=O) groups is 1. The summed E-state index contributed by atoms with van der Waals surface area (Å²) >= 11 is 0. The van der Waals surface area contributed by atoms with Gasteiger partial charge < -0.3 is 15.2 Å². The van der Waals surface area contributed by atoms with Crippen LogP contribution in [0, 0.1) is 0 Å².